The van der Waals surface area contributed by atoms with Crippen LogP contribution in [0.2, 0.25) is 0 Å². The Morgan fingerprint density at radius 3 is 2.59 bits per heavy atom. The number of rotatable bonds is 3. The molecule has 4 heteroatoms. The number of hydrogen-bond donors (Lipinski definition) is 1. The summed E-state index contributed by atoms with van der Waals surface area (Å²) in [5, 5.41) is 3.28. The Morgan fingerprint density at radius 1 is 1.41 bits per heavy atom. The lowest BCUT2D eigenvalue weighted by Gasteiger charge is -2.18. The third kappa shape index (κ3) is 2.64. The molecule has 17 heavy (non-hydrogen) atoms. The molecule has 92 valence electrons. The van der Waals surface area contributed by atoms with Gasteiger partial charge in [0, 0.05) is 19.6 Å². The Morgan fingerprint density at radius 2 is 2.06 bits per heavy atom. The molecule has 1 aliphatic heterocycles. The van der Waals surface area contributed by atoms with E-state index >= 15 is 0 Å². The standard InChI is InChI=1S/C13H17FN2O/c1-9(10-3-5-11(14)6-4-10)15-12-7-8-16(2)13(12)17/h3-6,9,12,15H,7-8H2,1-2H3/t9-,12?/m1/s1. The highest BCUT2D eigenvalue weighted by Crippen LogP contribution is 2.17. The van der Waals surface area contributed by atoms with Gasteiger partial charge < -0.3 is 4.90 Å². The zero-order chi connectivity index (χ0) is 12.4. The smallest absolute Gasteiger partial charge is 0.239 e. The van der Waals surface area contributed by atoms with Crippen molar-refractivity contribution in [1.82, 2.24) is 10.2 Å². The summed E-state index contributed by atoms with van der Waals surface area (Å²) in [7, 11) is 1.81. The van der Waals surface area contributed by atoms with Crippen LogP contribution in [-0.4, -0.2) is 30.4 Å². The van der Waals surface area contributed by atoms with Crippen LogP contribution in [0.4, 0.5) is 4.39 Å². The summed E-state index contributed by atoms with van der Waals surface area (Å²) in [5.41, 5.74) is 0.994. The van der Waals surface area contributed by atoms with E-state index in [9.17, 15) is 9.18 Å². The fourth-order valence-corrected chi connectivity index (χ4v) is 2.13. The van der Waals surface area contributed by atoms with Crippen molar-refractivity contribution in [3.05, 3.63) is 35.6 Å². The maximum absolute atomic E-state index is 12.8. The minimum atomic E-state index is -0.238. The molecule has 1 aromatic carbocycles. The average Bonchev–Trinajstić information content (AvgIpc) is 2.62. The van der Waals surface area contributed by atoms with Crippen molar-refractivity contribution in [3.8, 4) is 0 Å². The first kappa shape index (κ1) is 12.0. The van der Waals surface area contributed by atoms with Crippen molar-refractivity contribution in [1.29, 1.82) is 0 Å². The second-order valence-corrected chi connectivity index (χ2v) is 4.54. The quantitative estimate of drug-likeness (QED) is 0.866. The lowest BCUT2D eigenvalue weighted by molar-refractivity contribution is -0.128. The van der Waals surface area contributed by atoms with E-state index in [0.29, 0.717) is 0 Å². The highest BCUT2D eigenvalue weighted by Gasteiger charge is 2.29. The molecule has 1 aromatic rings. The van der Waals surface area contributed by atoms with Crippen molar-refractivity contribution >= 4 is 5.91 Å². The summed E-state index contributed by atoms with van der Waals surface area (Å²) >= 11 is 0. The van der Waals surface area contributed by atoms with E-state index < -0.39 is 0 Å². The van der Waals surface area contributed by atoms with E-state index in [2.05, 4.69) is 5.32 Å². The molecule has 0 spiro atoms. The number of nitrogens with one attached hydrogen (secondary N) is 1. The zero-order valence-electron chi connectivity index (χ0n) is 10.1. The number of likely N-dealkylation sites (N-methyl/N-ethyl adjacent to an activating group) is 1. The van der Waals surface area contributed by atoms with Gasteiger partial charge >= 0.3 is 0 Å². The van der Waals surface area contributed by atoms with Crippen molar-refractivity contribution in [2.45, 2.75) is 25.4 Å². The Kier molecular flexibility index (Phi) is 3.43. The van der Waals surface area contributed by atoms with Crippen LogP contribution < -0.4 is 5.32 Å². The molecule has 1 aliphatic rings. The molecule has 1 saturated heterocycles. The molecule has 1 amide bonds. The Hall–Kier alpha value is -1.42. The molecule has 3 nitrogen and oxygen atoms in total. The number of benzene rings is 1. The van der Waals surface area contributed by atoms with Gasteiger partial charge in [-0.05, 0) is 31.0 Å². The van der Waals surface area contributed by atoms with Crippen LogP contribution >= 0.6 is 0 Å². The zero-order valence-corrected chi connectivity index (χ0v) is 10.1. The second-order valence-electron chi connectivity index (χ2n) is 4.54. The molecule has 1 N–H and O–H groups in total. The van der Waals surface area contributed by atoms with Gasteiger partial charge in [-0.3, -0.25) is 10.1 Å². The van der Waals surface area contributed by atoms with Gasteiger partial charge in [-0.25, -0.2) is 4.39 Å². The normalized spacial score (nSPS) is 21.9. The molecular formula is C13H17FN2O. The van der Waals surface area contributed by atoms with E-state index in [1.807, 2.05) is 14.0 Å². The maximum atomic E-state index is 12.8. The van der Waals surface area contributed by atoms with Crippen molar-refractivity contribution in [2.75, 3.05) is 13.6 Å². The van der Waals surface area contributed by atoms with Gasteiger partial charge in [0.1, 0.15) is 5.82 Å². The number of hydrogen-bond acceptors (Lipinski definition) is 2. The third-order valence-electron chi connectivity index (χ3n) is 3.25. The topological polar surface area (TPSA) is 32.3 Å². The van der Waals surface area contributed by atoms with Crippen LogP contribution in [0, 0.1) is 5.82 Å². The molecule has 0 aliphatic carbocycles. The summed E-state index contributed by atoms with van der Waals surface area (Å²) in [4.78, 5) is 13.5. The van der Waals surface area contributed by atoms with E-state index in [1.54, 1.807) is 17.0 Å². The fourth-order valence-electron chi connectivity index (χ4n) is 2.13. The number of amides is 1. The Balaban J connectivity index is 1.99. The molecule has 0 radical (unpaired) electrons. The number of halogens is 1. The second kappa shape index (κ2) is 4.84. The lowest BCUT2D eigenvalue weighted by Crippen LogP contribution is -2.38. The van der Waals surface area contributed by atoms with Gasteiger partial charge in [-0.2, -0.15) is 0 Å². The largest absolute Gasteiger partial charge is 0.344 e. The molecule has 1 fully saturated rings. The van der Waals surface area contributed by atoms with Crippen LogP contribution in [0.3, 0.4) is 0 Å². The predicted molar refractivity (Wildman–Crippen MR) is 64.0 cm³/mol. The summed E-state index contributed by atoms with van der Waals surface area (Å²) in [5.74, 6) is -0.100. The fraction of sp³-hybridized carbons (Fsp3) is 0.462. The van der Waals surface area contributed by atoms with Gasteiger partial charge in [0.05, 0.1) is 6.04 Å². The maximum Gasteiger partial charge on any atom is 0.239 e. The van der Waals surface area contributed by atoms with Gasteiger partial charge in [-0.1, -0.05) is 12.1 Å². The first-order chi connectivity index (χ1) is 8.08. The molecule has 0 aromatic heterocycles. The number of carbonyl (C=O) groups is 1. The first-order valence-corrected chi connectivity index (χ1v) is 5.84. The molecule has 2 rings (SSSR count). The van der Waals surface area contributed by atoms with E-state index in [-0.39, 0.29) is 23.8 Å². The van der Waals surface area contributed by atoms with Gasteiger partial charge in [0.25, 0.3) is 0 Å². The molecule has 0 saturated carbocycles. The number of nitrogens with zero attached hydrogens (tertiary/aromatic N) is 1. The van der Waals surface area contributed by atoms with E-state index in [0.717, 1.165) is 18.5 Å². The highest BCUT2D eigenvalue weighted by atomic mass is 19.1. The van der Waals surface area contributed by atoms with Crippen molar-refractivity contribution in [2.24, 2.45) is 0 Å². The molecule has 0 bridgehead atoms. The average molecular weight is 236 g/mol. The molecule has 1 heterocycles. The third-order valence-corrected chi connectivity index (χ3v) is 3.25. The monoisotopic (exact) mass is 236 g/mol. The summed E-state index contributed by atoms with van der Waals surface area (Å²) in [6.45, 7) is 2.78. The van der Waals surface area contributed by atoms with Crippen LogP contribution in [0.15, 0.2) is 24.3 Å². The summed E-state index contributed by atoms with van der Waals surface area (Å²) in [6.07, 6.45) is 0.834. The van der Waals surface area contributed by atoms with Gasteiger partial charge in [0.15, 0.2) is 0 Å². The lowest BCUT2D eigenvalue weighted by atomic mass is 10.1. The Bertz CT molecular complexity index is 404. The van der Waals surface area contributed by atoms with Crippen molar-refractivity contribution < 1.29 is 9.18 Å². The van der Waals surface area contributed by atoms with Crippen LogP contribution in [0.25, 0.3) is 0 Å². The molecule has 2 atom stereocenters. The van der Waals surface area contributed by atoms with Crippen molar-refractivity contribution in [3.63, 3.8) is 0 Å². The van der Waals surface area contributed by atoms with Crippen LogP contribution in [0.1, 0.15) is 24.9 Å². The highest BCUT2D eigenvalue weighted by molar-refractivity contribution is 5.83. The first-order valence-electron chi connectivity index (χ1n) is 5.84. The van der Waals surface area contributed by atoms with E-state index in [4.69, 9.17) is 0 Å². The Labute approximate surface area is 101 Å². The van der Waals surface area contributed by atoms with Crippen LogP contribution in [-0.2, 0) is 4.79 Å². The molecule has 1 unspecified atom stereocenters. The minimum absolute atomic E-state index is 0.0519. The SMILES string of the molecule is C[C@@H](NC1CCN(C)C1=O)c1ccc(F)cc1. The summed E-state index contributed by atoms with van der Waals surface area (Å²) in [6, 6.07) is 6.31. The predicted octanol–water partition coefficient (Wildman–Crippen LogP) is 1.71. The van der Waals surface area contributed by atoms with E-state index in [1.165, 1.54) is 12.1 Å². The number of likely N-dealkylation sites (tertiary alicyclic amines) is 1. The summed E-state index contributed by atoms with van der Waals surface area (Å²) < 4.78 is 12.8. The number of carbonyl (C=O) groups excluding carboxylic acids is 1. The molecular weight excluding hydrogens is 219 g/mol. The minimum Gasteiger partial charge on any atom is -0.344 e. The van der Waals surface area contributed by atoms with Crippen LogP contribution in [0.5, 0.6) is 0 Å². The van der Waals surface area contributed by atoms with Gasteiger partial charge in [0.2, 0.25) is 5.91 Å². The van der Waals surface area contributed by atoms with Gasteiger partial charge in [-0.15, -0.1) is 0 Å².